The van der Waals surface area contributed by atoms with E-state index in [9.17, 15) is 4.79 Å². The van der Waals surface area contributed by atoms with Crippen LogP contribution in [-0.2, 0) is 9.53 Å². The van der Waals surface area contributed by atoms with Gasteiger partial charge in [-0.3, -0.25) is 4.79 Å². The monoisotopic (exact) mass is 226 g/mol. The van der Waals surface area contributed by atoms with Crippen LogP contribution in [0.4, 0.5) is 0 Å². The van der Waals surface area contributed by atoms with Gasteiger partial charge in [0, 0.05) is 26.3 Å². The van der Waals surface area contributed by atoms with Crippen LogP contribution in [0.1, 0.15) is 32.1 Å². The van der Waals surface area contributed by atoms with Crippen LogP contribution >= 0.6 is 0 Å². The highest BCUT2D eigenvalue weighted by Crippen LogP contribution is 2.44. The summed E-state index contributed by atoms with van der Waals surface area (Å²) in [6, 6.07) is 0. The quantitative estimate of drug-likeness (QED) is 0.598. The van der Waals surface area contributed by atoms with Gasteiger partial charge >= 0.3 is 0 Å². The number of hydrogen-bond donors (Lipinski definition) is 2. The lowest BCUT2D eigenvalue weighted by molar-refractivity contribution is -0.126. The van der Waals surface area contributed by atoms with Gasteiger partial charge in [0.25, 0.3) is 0 Å². The van der Waals surface area contributed by atoms with Gasteiger partial charge < -0.3 is 15.8 Å². The summed E-state index contributed by atoms with van der Waals surface area (Å²) in [5, 5.41) is 2.94. The van der Waals surface area contributed by atoms with Crippen molar-refractivity contribution in [1.82, 2.24) is 5.32 Å². The van der Waals surface area contributed by atoms with Gasteiger partial charge in [0.15, 0.2) is 0 Å². The fourth-order valence-corrected chi connectivity index (χ4v) is 1.77. The average Bonchev–Trinajstić information content (AvgIpc) is 3.17. The predicted octanol–water partition coefficient (Wildman–Crippen LogP) is 0.658. The summed E-state index contributed by atoms with van der Waals surface area (Å²) in [5.74, 6) is 0.957. The molecule has 0 bridgehead atoms. The average molecular weight is 226 g/mol. The molecule has 2 fully saturated rings. The molecular weight excluding hydrogens is 204 g/mol. The molecule has 0 aromatic carbocycles. The molecule has 0 saturated heterocycles. The van der Waals surface area contributed by atoms with Crippen molar-refractivity contribution in [2.75, 3.05) is 26.3 Å². The molecule has 2 aliphatic rings. The van der Waals surface area contributed by atoms with E-state index in [0.29, 0.717) is 13.1 Å². The molecule has 4 nitrogen and oxygen atoms in total. The van der Waals surface area contributed by atoms with Gasteiger partial charge in [-0.25, -0.2) is 0 Å². The van der Waals surface area contributed by atoms with E-state index in [1.54, 1.807) is 0 Å². The van der Waals surface area contributed by atoms with E-state index in [4.69, 9.17) is 10.5 Å². The molecule has 2 rings (SSSR count). The fraction of sp³-hybridized carbons (Fsp3) is 0.917. The summed E-state index contributed by atoms with van der Waals surface area (Å²) < 4.78 is 5.49. The molecule has 4 heteroatoms. The van der Waals surface area contributed by atoms with Crippen LogP contribution in [-0.4, -0.2) is 32.2 Å². The SMILES string of the molecule is NCC1(C(=O)NCCCOCC2CC2)CC1. The lowest BCUT2D eigenvalue weighted by Crippen LogP contribution is -2.37. The van der Waals surface area contributed by atoms with Crippen LogP contribution in [0, 0.1) is 11.3 Å². The van der Waals surface area contributed by atoms with Gasteiger partial charge in [0.1, 0.15) is 0 Å². The Bertz CT molecular complexity index is 247. The lowest BCUT2D eigenvalue weighted by Gasteiger charge is -2.12. The molecule has 0 spiro atoms. The first-order valence-corrected chi connectivity index (χ1v) is 6.33. The molecule has 0 aliphatic heterocycles. The topological polar surface area (TPSA) is 64.4 Å². The first-order chi connectivity index (χ1) is 7.77. The number of ether oxygens (including phenoxy) is 1. The van der Waals surface area contributed by atoms with Crippen molar-refractivity contribution in [1.29, 1.82) is 0 Å². The summed E-state index contributed by atoms with van der Waals surface area (Å²) in [6.07, 6.45) is 5.46. The van der Waals surface area contributed by atoms with Crippen molar-refractivity contribution < 1.29 is 9.53 Å². The van der Waals surface area contributed by atoms with E-state index in [1.807, 2.05) is 0 Å². The van der Waals surface area contributed by atoms with E-state index in [0.717, 1.165) is 38.4 Å². The minimum absolute atomic E-state index is 0.136. The fourth-order valence-electron chi connectivity index (χ4n) is 1.77. The van der Waals surface area contributed by atoms with Crippen molar-refractivity contribution in [2.45, 2.75) is 32.1 Å². The molecule has 92 valence electrons. The van der Waals surface area contributed by atoms with Crippen molar-refractivity contribution >= 4 is 5.91 Å². The van der Waals surface area contributed by atoms with Crippen molar-refractivity contribution in [2.24, 2.45) is 17.1 Å². The smallest absolute Gasteiger partial charge is 0.227 e. The molecule has 0 heterocycles. The Labute approximate surface area is 96.9 Å². The van der Waals surface area contributed by atoms with Crippen molar-refractivity contribution in [3.05, 3.63) is 0 Å². The van der Waals surface area contributed by atoms with E-state index in [2.05, 4.69) is 5.32 Å². The van der Waals surface area contributed by atoms with Gasteiger partial charge in [-0.1, -0.05) is 0 Å². The highest BCUT2D eigenvalue weighted by molar-refractivity contribution is 5.85. The third kappa shape index (κ3) is 3.19. The maximum absolute atomic E-state index is 11.7. The zero-order valence-electron chi connectivity index (χ0n) is 9.84. The molecule has 3 N–H and O–H groups in total. The Morgan fingerprint density at radius 1 is 1.44 bits per heavy atom. The summed E-state index contributed by atoms with van der Waals surface area (Å²) in [6.45, 7) is 2.86. The molecule has 2 aliphatic carbocycles. The molecular formula is C12H22N2O2. The van der Waals surface area contributed by atoms with Gasteiger partial charge in [-0.15, -0.1) is 0 Å². The molecule has 0 aromatic heterocycles. The maximum Gasteiger partial charge on any atom is 0.227 e. The number of carbonyl (C=O) groups excluding carboxylic acids is 1. The Morgan fingerprint density at radius 2 is 2.19 bits per heavy atom. The van der Waals surface area contributed by atoms with Gasteiger partial charge in [0.05, 0.1) is 5.41 Å². The highest BCUT2D eigenvalue weighted by atomic mass is 16.5. The number of carbonyl (C=O) groups is 1. The number of nitrogens with one attached hydrogen (secondary N) is 1. The van der Waals surface area contributed by atoms with Crippen LogP contribution in [0.15, 0.2) is 0 Å². The van der Waals surface area contributed by atoms with Crippen LogP contribution in [0.3, 0.4) is 0 Å². The van der Waals surface area contributed by atoms with Crippen molar-refractivity contribution in [3.63, 3.8) is 0 Å². The van der Waals surface area contributed by atoms with Gasteiger partial charge in [0.2, 0.25) is 5.91 Å². The number of hydrogen-bond acceptors (Lipinski definition) is 3. The number of amides is 1. The largest absolute Gasteiger partial charge is 0.381 e. The standard InChI is InChI=1S/C12H22N2O2/c13-9-12(4-5-12)11(15)14-6-1-7-16-8-10-2-3-10/h10H,1-9,13H2,(H,14,15). The summed E-state index contributed by atoms with van der Waals surface area (Å²) in [4.78, 5) is 11.7. The van der Waals surface area contributed by atoms with Crippen LogP contribution in [0.5, 0.6) is 0 Å². The second kappa shape index (κ2) is 5.15. The molecule has 0 radical (unpaired) electrons. The zero-order valence-corrected chi connectivity index (χ0v) is 9.84. The van der Waals surface area contributed by atoms with Gasteiger partial charge in [-0.05, 0) is 38.0 Å². The minimum Gasteiger partial charge on any atom is -0.381 e. The second-order valence-corrected chi connectivity index (χ2v) is 5.11. The van der Waals surface area contributed by atoms with E-state index >= 15 is 0 Å². The van der Waals surface area contributed by atoms with E-state index in [1.165, 1.54) is 12.8 Å². The Balaban J connectivity index is 1.46. The van der Waals surface area contributed by atoms with Crippen LogP contribution in [0.25, 0.3) is 0 Å². The van der Waals surface area contributed by atoms with E-state index in [-0.39, 0.29) is 11.3 Å². The Hall–Kier alpha value is -0.610. The second-order valence-electron chi connectivity index (χ2n) is 5.11. The zero-order chi connectivity index (χ0) is 11.4. The maximum atomic E-state index is 11.7. The first kappa shape index (κ1) is 11.9. The number of nitrogens with two attached hydrogens (primary N) is 1. The summed E-state index contributed by atoms with van der Waals surface area (Å²) in [5.41, 5.74) is 5.36. The molecule has 0 aromatic rings. The minimum atomic E-state index is -0.213. The summed E-state index contributed by atoms with van der Waals surface area (Å²) in [7, 11) is 0. The third-order valence-electron chi connectivity index (χ3n) is 3.53. The van der Waals surface area contributed by atoms with Gasteiger partial charge in [-0.2, -0.15) is 0 Å². The van der Waals surface area contributed by atoms with Crippen LogP contribution < -0.4 is 11.1 Å². The lowest BCUT2D eigenvalue weighted by atomic mass is 10.1. The Kier molecular flexibility index (Phi) is 3.82. The highest BCUT2D eigenvalue weighted by Gasteiger charge is 2.48. The Morgan fingerprint density at radius 3 is 2.75 bits per heavy atom. The normalized spacial score (nSPS) is 21.8. The molecule has 16 heavy (non-hydrogen) atoms. The predicted molar refractivity (Wildman–Crippen MR) is 61.9 cm³/mol. The number of rotatable bonds is 8. The molecule has 1 amide bonds. The molecule has 0 atom stereocenters. The third-order valence-corrected chi connectivity index (χ3v) is 3.53. The van der Waals surface area contributed by atoms with E-state index < -0.39 is 0 Å². The molecule has 2 saturated carbocycles. The van der Waals surface area contributed by atoms with Crippen molar-refractivity contribution in [3.8, 4) is 0 Å². The first-order valence-electron chi connectivity index (χ1n) is 6.33. The summed E-state index contributed by atoms with van der Waals surface area (Å²) >= 11 is 0. The van der Waals surface area contributed by atoms with Crippen LogP contribution in [0.2, 0.25) is 0 Å². The molecule has 0 unspecified atom stereocenters.